The molecule has 2 aromatic heterocycles. The van der Waals surface area contributed by atoms with Crippen molar-refractivity contribution in [2.75, 3.05) is 0 Å². The normalized spacial score (nSPS) is 16.0. The van der Waals surface area contributed by atoms with Crippen molar-refractivity contribution in [3.63, 3.8) is 0 Å². The number of rotatable bonds is 8. The summed E-state index contributed by atoms with van der Waals surface area (Å²) in [5, 5.41) is 18.4. The molecule has 0 aliphatic heterocycles. The summed E-state index contributed by atoms with van der Waals surface area (Å²) in [6, 6.07) is 12.3. The highest BCUT2D eigenvalue weighted by Gasteiger charge is 2.52. The Kier molecular flexibility index (Phi) is 8.35. The Morgan fingerprint density at radius 2 is 1.82 bits per heavy atom. The van der Waals surface area contributed by atoms with Gasteiger partial charge < -0.3 is 30.6 Å². The molecule has 0 saturated heterocycles. The summed E-state index contributed by atoms with van der Waals surface area (Å²) in [4.78, 5) is 37.6. The molecule has 16 heteroatoms. The highest BCUT2D eigenvalue weighted by molar-refractivity contribution is 6.38. The lowest BCUT2D eigenvalue weighted by Crippen LogP contribution is -2.44. The number of aliphatic carboxylic acids is 1. The van der Waals surface area contributed by atoms with Crippen LogP contribution in [0.4, 0.5) is 17.6 Å². The Labute approximate surface area is 257 Å². The molecule has 2 fully saturated rings. The molecule has 2 heterocycles. The maximum atomic E-state index is 15.0. The van der Waals surface area contributed by atoms with Crippen LogP contribution in [0.1, 0.15) is 43.6 Å². The van der Waals surface area contributed by atoms with Crippen molar-refractivity contribution in [3.8, 4) is 17.2 Å². The molecule has 0 bridgehead atoms. The molecule has 2 saturated carbocycles. The fourth-order valence-electron chi connectivity index (χ4n) is 4.60. The number of nitrogens with one attached hydrogen (secondary N) is 2. The van der Waals surface area contributed by atoms with E-state index >= 15 is 0 Å². The van der Waals surface area contributed by atoms with Crippen molar-refractivity contribution in [2.24, 2.45) is 5.73 Å². The summed E-state index contributed by atoms with van der Waals surface area (Å²) >= 11 is 6.66. The van der Waals surface area contributed by atoms with Crippen molar-refractivity contribution in [1.82, 2.24) is 25.3 Å². The summed E-state index contributed by atoms with van der Waals surface area (Å²) in [5.41, 5.74) is 5.84. The number of carboxylic acid groups (broad SMARTS) is 1. The van der Waals surface area contributed by atoms with Crippen LogP contribution >= 0.6 is 11.6 Å². The molecule has 2 amide bonds. The number of amides is 2. The lowest BCUT2D eigenvalue weighted by Gasteiger charge is -2.13. The van der Waals surface area contributed by atoms with Gasteiger partial charge in [-0.1, -0.05) is 41.0 Å². The zero-order valence-electron chi connectivity index (χ0n) is 23.7. The maximum absolute atomic E-state index is 15.0. The molecular formula is C29H27ClF4N6O5. The minimum absolute atomic E-state index is 0.0635. The number of alkyl halides is 3. The zero-order chi connectivity index (χ0) is 32.7. The molecule has 2 aromatic carbocycles. The number of halogens is 5. The third-order valence-corrected chi connectivity index (χ3v) is 7.81. The van der Waals surface area contributed by atoms with Crippen molar-refractivity contribution in [3.05, 3.63) is 64.8 Å². The number of aromatic nitrogens is 3. The molecule has 0 atom stereocenters. The van der Waals surface area contributed by atoms with Gasteiger partial charge in [-0.15, -0.1) is 0 Å². The monoisotopic (exact) mass is 650 g/mol. The molecule has 5 N–H and O–H groups in total. The van der Waals surface area contributed by atoms with E-state index in [1.54, 1.807) is 23.6 Å². The highest BCUT2D eigenvalue weighted by atomic mass is 35.5. The fraction of sp³-hybridized carbons (Fsp3) is 0.345. The van der Waals surface area contributed by atoms with Crippen LogP contribution < -0.4 is 16.4 Å². The standard InChI is InChI=1S/C22H19ClFN5O2.C7H8F3NO3/c1-12-27-20(28-31-12)19-18(23)15-4-2-3-5-17(15)29(19)14-7-6-13(16(24)10-14)11-26-21(30)22(25)8-9-22;8-7(9,10)3-4(12)11-6(1-2-6)5(13)14/h2-7,10H,8-9,11,25H2,1H3,(H,26,30);1-3H2,(H,11,12)(H,13,14). The summed E-state index contributed by atoms with van der Waals surface area (Å²) in [7, 11) is 0. The lowest BCUT2D eigenvalue weighted by molar-refractivity contribution is -0.157. The van der Waals surface area contributed by atoms with Crippen LogP contribution in [0.15, 0.2) is 47.0 Å². The van der Waals surface area contributed by atoms with E-state index in [1.165, 1.54) is 6.07 Å². The van der Waals surface area contributed by atoms with Gasteiger partial charge in [0, 0.05) is 30.1 Å². The average molecular weight is 651 g/mol. The molecule has 0 unspecified atom stereocenters. The number of benzene rings is 2. The van der Waals surface area contributed by atoms with Crippen LogP contribution in [0, 0.1) is 12.7 Å². The average Bonchev–Trinajstić information content (AvgIpc) is 3.85. The minimum Gasteiger partial charge on any atom is -0.480 e. The number of hydrogen-bond acceptors (Lipinski definition) is 7. The molecule has 0 radical (unpaired) electrons. The van der Waals surface area contributed by atoms with Crippen LogP contribution in [0.2, 0.25) is 5.02 Å². The van der Waals surface area contributed by atoms with Gasteiger partial charge in [0.25, 0.3) is 0 Å². The topological polar surface area (TPSA) is 165 Å². The van der Waals surface area contributed by atoms with Crippen LogP contribution in [-0.2, 0) is 20.9 Å². The minimum atomic E-state index is -4.60. The first kappa shape index (κ1) is 31.9. The van der Waals surface area contributed by atoms with E-state index in [9.17, 15) is 31.9 Å². The second-order valence-electron chi connectivity index (χ2n) is 11.0. The van der Waals surface area contributed by atoms with Crippen molar-refractivity contribution < 1.29 is 41.6 Å². The number of carboxylic acids is 1. The number of hydrogen-bond donors (Lipinski definition) is 4. The Bertz CT molecular complexity index is 1800. The Morgan fingerprint density at radius 3 is 2.38 bits per heavy atom. The highest BCUT2D eigenvalue weighted by Crippen LogP contribution is 2.39. The summed E-state index contributed by atoms with van der Waals surface area (Å²) in [6.07, 6.45) is -4.56. The molecule has 6 rings (SSSR count). The second kappa shape index (κ2) is 11.8. The van der Waals surface area contributed by atoms with Crippen molar-refractivity contribution in [1.29, 1.82) is 0 Å². The van der Waals surface area contributed by atoms with Gasteiger partial charge in [-0.3, -0.25) is 9.59 Å². The third kappa shape index (κ3) is 6.93. The van der Waals surface area contributed by atoms with Gasteiger partial charge in [0.05, 0.1) is 16.1 Å². The largest absolute Gasteiger partial charge is 0.480 e. The number of aryl methyl sites for hydroxylation is 1. The van der Waals surface area contributed by atoms with E-state index in [2.05, 4.69) is 15.5 Å². The first-order chi connectivity index (χ1) is 21.1. The Morgan fingerprint density at radius 1 is 1.13 bits per heavy atom. The summed E-state index contributed by atoms with van der Waals surface area (Å²) in [6.45, 7) is 1.75. The predicted molar refractivity (Wildman–Crippen MR) is 153 cm³/mol. The SMILES string of the molecule is Cc1nc(-c2c(Cl)c3ccccc3n2-c2ccc(CNC(=O)C3(N)CC3)c(F)c2)no1.O=C(CC(F)(F)F)NC1(C(=O)O)CC1. The predicted octanol–water partition coefficient (Wildman–Crippen LogP) is 4.56. The molecule has 2 aliphatic carbocycles. The van der Waals surface area contributed by atoms with Crippen LogP contribution in [0.3, 0.4) is 0 Å². The molecule has 4 aromatic rings. The van der Waals surface area contributed by atoms with Gasteiger partial charge >= 0.3 is 12.1 Å². The van der Waals surface area contributed by atoms with Crippen LogP contribution in [0.25, 0.3) is 28.1 Å². The van der Waals surface area contributed by atoms with E-state index in [-0.39, 0.29) is 25.3 Å². The maximum Gasteiger partial charge on any atom is 0.397 e. The smallest absolute Gasteiger partial charge is 0.397 e. The zero-order valence-corrected chi connectivity index (χ0v) is 24.4. The van der Waals surface area contributed by atoms with Gasteiger partial charge in [-0.05, 0) is 43.9 Å². The fourth-order valence-corrected chi connectivity index (χ4v) is 4.93. The molecule has 45 heavy (non-hydrogen) atoms. The molecular weight excluding hydrogens is 624 g/mol. The number of fused-ring (bicyclic) bond motifs is 1. The molecule has 2 aliphatic rings. The second-order valence-corrected chi connectivity index (χ2v) is 11.4. The van der Waals surface area contributed by atoms with E-state index in [4.69, 9.17) is 27.0 Å². The lowest BCUT2D eigenvalue weighted by atomic mass is 10.1. The number of para-hydroxylation sites is 1. The summed E-state index contributed by atoms with van der Waals surface area (Å²) < 4.78 is 57.0. The Balaban J connectivity index is 0.000000241. The van der Waals surface area contributed by atoms with Crippen molar-refractivity contribution in [2.45, 2.75) is 62.8 Å². The first-order valence-corrected chi connectivity index (χ1v) is 14.1. The van der Waals surface area contributed by atoms with Gasteiger partial charge in [0.1, 0.15) is 23.5 Å². The summed E-state index contributed by atoms with van der Waals surface area (Å²) in [5.74, 6) is -2.58. The van der Waals surface area contributed by atoms with Gasteiger partial charge in [-0.25, -0.2) is 9.18 Å². The third-order valence-electron chi connectivity index (χ3n) is 7.43. The number of nitrogens with zero attached hydrogens (tertiary/aromatic N) is 3. The van der Waals surface area contributed by atoms with E-state index in [0.29, 0.717) is 46.5 Å². The van der Waals surface area contributed by atoms with Crippen molar-refractivity contribution >= 4 is 40.3 Å². The number of nitrogens with two attached hydrogens (primary N) is 1. The van der Waals surface area contributed by atoms with Gasteiger partial charge in [-0.2, -0.15) is 18.2 Å². The molecule has 11 nitrogen and oxygen atoms in total. The number of carbonyl (C=O) groups excluding carboxylic acids is 2. The van der Waals surface area contributed by atoms with E-state index < -0.39 is 41.4 Å². The van der Waals surface area contributed by atoms with Crippen LogP contribution in [0.5, 0.6) is 0 Å². The Hall–Kier alpha value is -4.50. The van der Waals surface area contributed by atoms with E-state index in [1.807, 2.05) is 29.6 Å². The molecule has 238 valence electrons. The number of carbonyl (C=O) groups is 3. The van der Waals surface area contributed by atoms with E-state index in [0.717, 1.165) is 10.9 Å². The quantitative estimate of drug-likeness (QED) is 0.202. The molecule has 0 spiro atoms. The first-order valence-electron chi connectivity index (χ1n) is 13.7. The van der Waals surface area contributed by atoms with Gasteiger partial charge in [0.2, 0.25) is 23.5 Å². The van der Waals surface area contributed by atoms with Gasteiger partial charge in [0.15, 0.2) is 0 Å². The van der Waals surface area contributed by atoms with Crippen LogP contribution in [-0.4, -0.2) is 54.9 Å².